The standard InChI is InChI=1S/C13H12ClN3O3/c1-20-10-5-4-8(6-9(10)14)17-12(7-2-3-7)15-11(16-17)13(18)19/h4-7H,2-3H2,1H3,(H,18,19). The lowest BCUT2D eigenvalue weighted by molar-refractivity contribution is 0.0683. The molecule has 7 heteroatoms. The number of carboxylic acid groups (broad SMARTS) is 1. The highest BCUT2D eigenvalue weighted by Gasteiger charge is 2.31. The van der Waals surface area contributed by atoms with Crippen LogP contribution in [0.4, 0.5) is 0 Å². The van der Waals surface area contributed by atoms with Gasteiger partial charge in [-0.2, -0.15) is 0 Å². The number of carboxylic acids is 1. The van der Waals surface area contributed by atoms with Gasteiger partial charge in [-0.1, -0.05) is 11.6 Å². The van der Waals surface area contributed by atoms with E-state index in [0.29, 0.717) is 22.3 Å². The molecule has 0 spiro atoms. The fourth-order valence-electron chi connectivity index (χ4n) is 2.00. The minimum Gasteiger partial charge on any atom is -0.495 e. The van der Waals surface area contributed by atoms with E-state index in [9.17, 15) is 4.79 Å². The first kappa shape index (κ1) is 12.9. The van der Waals surface area contributed by atoms with E-state index in [1.54, 1.807) is 22.9 Å². The van der Waals surface area contributed by atoms with E-state index in [1.165, 1.54) is 7.11 Å². The number of nitrogens with zero attached hydrogens (tertiary/aromatic N) is 3. The van der Waals surface area contributed by atoms with E-state index in [1.807, 2.05) is 0 Å². The SMILES string of the molecule is COc1ccc(-n2nc(C(=O)O)nc2C2CC2)cc1Cl. The van der Waals surface area contributed by atoms with Gasteiger partial charge in [0, 0.05) is 5.92 Å². The third kappa shape index (κ3) is 2.22. The molecule has 1 aliphatic rings. The van der Waals surface area contributed by atoms with E-state index in [0.717, 1.165) is 12.8 Å². The van der Waals surface area contributed by atoms with Gasteiger partial charge >= 0.3 is 5.97 Å². The summed E-state index contributed by atoms with van der Waals surface area (Å²) in [6, 6.07) is 5.18. The van der Waals surface area contributed by atoms with Gasteiger partial charge in [0.25, 0.3) is 5.82 Å². The molecule has 1 aromatic heterocycles. The van der Waals surface area contributed by atoms with E-state index in [4.69, 9.17) is 21.4 Å². The van der Waals surface area contributed by atoms with Crippen LogP contribution in [0.2, 0.25) is 5.02 Å². The Morgan fingerprint density at radius 2 is 2.25 bits per heavy atom. The summed E-state index contributed by atoms with van der Waals surface area (Å²) in [4.78, 5) is 15.1. The largest absolute Gasteiger partial charge is 0.495 e. The van der Waals surface area contributed by atoms with Gasteiger partial charge in [0.1, 0.15) is 11.6 Å². The Hall–Kier alpha value is -2.08. The molecule has 0 radical (unpaired) electrons. The van der Waals surface area contributed by atoms with Crippen LogP contribution >= 0.6 is 11.6 Å². The Morgan fingerprint density at radius 3 is 2.80 bits per heavy atom. The number of aromatic carboxylic acids is 1. The van der Waals surface area contributed by atoms with Crippen molar-refractivity contribution in [1.82, 2.24) is 14.8 Å². The average molecular weight is 294 g/mol. The Balaban J connectivity index is 2.08. The van der Waals surface area contributed by atoms with Crippen LogP contribution in [0.1, 0.15) is 35.2 Å². The normalized spacial score (nSPS) is 14.3. The molecule has 0 atom stereocenters. The van der Waals surface area contributed by atoms with Gasteiger partial charge in [0.2, 0.25) is 0 Å². The van der Waals surface area contributed by atoms with Crippen molar-refractivity contribution in [1.29, 1.82) is 0 Å². The number of methoxy groups -OCH3 is 1. The van der Waals surface area contributed by atoms with E-state index >= 15 is 0 Å². The summed E-state index contributed by atoms with van der Waals surface area (Å²) < 4.78 is 6.65. The Morgan fingerprint density at radius 1 is 1.50 bits per heavy atom. The molecule has 104 valence electrons. The lowest BCUT2D eigenvalue weighted by Gasteiger charge is -2.08. The highest BCUT2D eigenvalue weighted by molar-refractivity contribution is 6.32. The van der Waals surface area contributed by atoms with Crippen LogP contribution in [0, 0.1) is 0 Å². The van der Waals surface area contributed by atoms with Gasteiger partial charge in [-0.3, -0.25) is 0 Å². The first-order valence-electron chi connectivity index (χ1n) is 6.14. The number of aromatic nitrogens is 3. The fraction of sp³-hybridized carbons (Fsp3) is 0.308. The molecular weight excluding hydrogens is 282 g/mol. The van der Waals surface area contributed by atoms with Gasteiger partial charge in [0.15, 0.2) is 0 Å². The summed E-state index contributed by atoms with van der Waals surface area (Å²) >= 11 is 6.09. The monoisotopic (exact) mass is 293 g/mol. The van der Waals surface area contributed by atoms with Crippen molar-refractivity contribution in [2.24, 2.45) is 0 Å². The fourth-order valence-corrected chi connectivity index (χ4v) is 2.25. The van der Waals surface area contributed by atoms with E-state index < -0.39 is 5.97 Å². The Kier molecular flexibility index (Phi) is 3.10. The maximum Gasteiger partial charge on any atom is 0.375 e. The number of rotatable bonds is 4. The second-order valence-corrected chi connectivity index (χ2v) is 5.01. The predicted molar refractivity (Wildman–Crippen MR) is 71.9 cm³/mol. The molecule has 1 fully saturated rings. The quantitative estimate of drug-likeness (QED) is 0.937. The summed E-state index contributed by atoms with van der Waals surface area (Å²) in [5, 5.41) is 13.5. The molecule has 3 rings (SSSR count). The van der Waals surface area contributed by atoms with E-state index in [2.05, 4.69) is 10.1 Å². The molecule has 20 heavy (non-hydrogen) atoms. The van der Waals surface area contributed by atoms with Crippen LogP contribution in [0.3, 0.4) is 0 Å². The summed E-state index contributed by atoms with van der Waals surface area (Å²) in [5.41, 5.74) is 0.678. The molecule has 1 N–H and O–H groups in total. The molecule has 0 bridgehead atoms. The van der Waals surface area contributed by atoms with Crippen LogP contribution in [0.5, 0.6) is 5.75 Å². The Bertz CT molecular complexity index is 679. The zero-order valence-corrected chi connectivity index (χ0v) is 11.5. The van der Waals surface area contributed by atoms with Crippen molar-refractivity contribution in [3.63, 3.8) is 0 Å². The van der Waals surface area contributed by atoms with Crippen molar-refractivity contribution in [2.45, 2.75) is 18.8 Å². The topological polar surface area (TPSA) is 77.2 Å². The first-order valence-corrected chi connectivity index (χ1v) is 6.52. The van der Waals surface area contributed by atoms with Crippen LogP contribution < -0.4 is 4.74 Å². The second kappa shape index (κ2) is 4.79. The minimum atomic E-state index is -1.13. The third-order valence-corrected chi connectivity index (χ3v) is 3.44. The Labute approximate surface area is 120 Å². The lowest BCUT2D eigenvalue weighted by Crippen LogP contribution is -2.03. The molecule has 0 aliphatic heterocycles. The van der Waals surface area contributed by atoms with Gasteiger partial charge in [-0.05, 0) is 31.0 Å². The zero-order chi connectivity index (χ0) is 14.3. The van der Waals surface area contributed by atoms with Gasteiger partial charge < -0.3 is 9.84 Å². The number of hydrogen-bond donors (Lipinski definition) is 1. The molecule has 1 aromatic carbocycles. The minimum absolute atomic E-state index is 0.196. The van der Waals surface area contributed by atoms with Gasteiger partial charge in [-0.25, -0.2) is 14.5 Å². The number of ether oxygens (including phenoxy) is 1. The maximum atomic E-state index is 11.0. The van der Waals surface area contributed by atoms with Crippen molar-refractivity contribution in [3.8, 4) is 11.4 Å². The van der Waals surface area contributed by atoms with Crippen molar-refractivity contribution in [3.05, 3.63) is 34.9 Å². The summed E-state index contributed by atoms with van der Waals surface area (Å²) in [6.45, 7) is 0. The summed E-state index contributed by atoms with van der Waals surface area (Å²) in [5.74, 6) is 0.172. The van der Waals surface area contributed by atoms with Crippen molar-refractivity contribution < 1.29 is 14.6 Å². The molecule has 2 aromatic rings. The molecule has 1 aliphatic carbocycles. The van der Waals surface area contributed by atoms with Crippen LogP contribution in [0.15, 0.2) is 18.2 Å². The molecule has 0 saturated heterocycles. The first-order chi connectivity index (χ1) is 9.60. The number of carbonyl (C=O) groups is 1. The zero-order valence-electron chi connectivity index (χ0n) is 10.7. The van der Waals surface area contributed by atoms with Gasteiger partial charge in [0.05, 0.1) is 17.8 Å². The molecule has 1 saturated carbocycles. The summed E-state index contributed by atoms with van der Waals surface area (Å²) in [7, 11) is 1.54. The average Bonchev–Trinajstić information content (AvgIpc) is 3.17. The van der Waals surface area contributed by atoms with Crippen LogP contribution in [-0.4, -0.2) is 33.0 Å². The molecule has 1 heterocycles. The number of hydrogen-bond acceptors (Lipinski definition) is 4. The number of benzene rings is 1. The highest BCUT2D eigenvalue weighted by Crippen LogP contribution is 2.40. The maximum absolute atomic E-state index is 11.0. The molecule has 6 nitrogen and oxygen atoms in total. The second-order valence-electron chi connectivity index (χ2n) is 4.60. The van der Waals surface area contributed by atoms with Crippen LogP contribution in [-0.2, 0) is 0 Å². The van der Waals surface area contributed by atoms with E-state index in [-0.39, 0.29) is 11.7 Å². The van der Waals surface area contributed by atoms with Crippen molar-refractivity contribution >= 4 is 17.6 Å². The smallest absolute Gasteiger partial charge is 0.375 e. The molecular formula is C13H12ClN3O3. The summed E-state index contributed by atoms with van der Waals surface area (Å²) in [6.07, 6.45) is 2.00. The molecule has 0 unspecified atom stereocenters. The highest BCUT2D eigenvalue weighted by atomic mass is 35.5. The molecule has 0 amide bonds. The number of halogens is 1. The van der Waals surface area contributed by atoms with Crippen molar-refractivity contribution in [2.75, 3.05) is 7.11 Å². The predicted octanol–water partition coefficient (Wildman–Crippen LogP) is 2.50. The van der Waals surface area contributed by atoms with Crippen LogP contribution in [0.25, 0.3) is 5.69 Å². The lowest BCUT2D eigenvalue weighted by atomic mass is 10.3. The van der Waals surface area contributed by atoms with Gasteiger partial charge in [-0.15, -0.1) is 5.10 Å². The third-order valence-electron chi connectivity index (χ3n) is 3.15.